The first-order valence-electron chi connectivity index (χ1n) is 7.50. The monoisotopic (exact) mass is 300 g/mol. The second kappa shape index (κ2) is 7.22. The van der Waals surface area contributed by atoms with E-state index in [0.29, 0.717) is 19.5 Å². The standard InChI is InChI=1S/C14H24N2O3S/c17-14(12-16-10-4-5-11-20(16,18)19)15-9-8-13-6-2-1-3-7-13/h6H,1-5,7-12H2,(H,15,17). The molecule has 2 aliphatic rings. The summed E-state index contributed by atoms with van der Waals surface area (Å²) in [5.41, 5.74) is 1.42. The Hall–Kier alpha value is -0.880. The first-order valence-corrected chi connectivity index (χ1v) is 9.11. The molecule has 0 bridgehead atoms. The van der Waals surface area contributed by atoms with Crippen LogP contribution in [-0.2, 0) is 14.8 Å². The molecule has 6 heteroatoms. The van der Waals surface area contributed by atoms with Gasteiger partial charge >= 0.3 is 0 Å². The van der Waals surface area contributed by atoms with Gasteiger partial charge in [-0.05, 0) is 44.9 Å². The van der Waals surface area contributed by atoms with Crippen molar-refractivity contribution in [1.29, 1.82) is 0 Å². The summed E-state index contributed by atoms with van der Waals surface area (Å²) in [7, 11) is -3.20. The summed E-state index contributed by atoms with van der Waals surface area (Å²) in [4.78, 5) is 11.8. The second-order valence-electron chi connectivity index (χ2n) is 5.56. The average Bonchev–Trinajstić information content (AvgIpc) is 2.42. The van der Waals surface area contributed by atoms with Crippen LogP contribution in [0, 0.1) is 0 Å². The third-order valence-electron chi connectivity index (χ3n) is 3.93. The number of nitrogens with zero attached hydrogens (tertiary/aromatic N) is 1. The number of nitrogens with one attached hydrogen (secondary N) is 1. The first-order chi connectivity index (χ1) is 9.58. The van der Waals surface area contributed by atoms with E-state index in [0.717, 1.165) is 25.7 Å². The van der Waals surface area contributed by atoms with Crippen LogP contribution in [-0.4, -0.2) is 44.0 Å². The van der Waals surface area contributed by atoms with Crippen molar-refractivity contribution in [2.45, 2.75) is 44.9 Å². The molecule has 114 valence electrons. The summed E-state index contributed by atoms with van der Waals surface area (Å²) < 4.78 is 24.9. The summed E-state index contributed by atoms with van der Waals surface area (Å²) in [6.07, 6.45) is 9.50. The highest BCUT2D eigenvalue weighted by atomic mass is 32.2. The van der Waals surface area contributed by atoms with E-state index in [1.165, 1.54) is 22.7 Å². The Morgan fingerprint density at radius 1 is 1.25 bits per heavy atom. The van der Waals surface area contributed by atoms with E-state index < -0.39 is 10.0 Å². The maximum atomic E-state index is 11.8. The van der Waals surface area contributed by atoms with Crippen molar-refractivity contribution < 1.29 is 13.2 Å². The Morgan fingerprint density at radius 2 is 2.10 bits per heavy atom. The maximum Gasteiger partial charge on any atom is 0.235 e. The molecule has 1 heterocycles. The van der Waals surface area contributed by atoms with Gasteiger partial charge in [-0.15, -0.1) is 0 Å². The SMILES string of the molecule is O=C(CN1CCCCS1(=O)=O)NCCC1=CCCCC1. The number of amides is 1. The molecule has 0 aromatic rings. The highest BCUT2D eigenvalue weighted by molar-refractivity contribution is 7.89. The first kappa shape index (κ1) is 15.5. The van der Waals surface area contributed by atoms with Crippen molar-refractivity contribution >= 4 is 15.9 Å². The minimum Gasteiger partial charge on any atom is -0.355 e. The Morgan fingerprint density at radius 3 is 2.80 bits per heavy atom. The smallest absolute Gasteiger partial charge is 0.235 e. The molecule has 1 saturated heterocycles. The van der Waals surface area contributed by atoms with Crippen LogP contribution in [0.1, 0.15) is 44.9 Å². The fraction of sp³-hybridized carbons (Fsp3) is 0.786. The highest BCUT2D eigenvalue weighted by Gasteiger charge is 2.27. The number of sulfonamides is 1. The molecule has 2 rings (SSSR count). The third kappa shape index (κ3) is 4.59. The van der Waals surface area contributed by atoms with E-state index in [-0.39, 0.29) is 18.2 Å². The van der Waals surface area contributed by atoms with Crippen molar-refractivity contribution in [1.82, 2.24) is 9.62 Å². The molecule has 0 radical (unpaired) electrons. The third-order valence-corrected chi connectivity index (χ3v) is 5.83. The minimum atomic E-state index is -3.20. The molecular weight excluding hydrogens is 276 g/mol. The number of hydrogen-bond donors (Lipinski definition) is 1. The lowest BCUT2D eigenvalue weighted by Crippen LogP contribution is -2.44. The van der Waals surface area contributed by atoms with Gasteiger partial charge in [-0.2, -0.15) is 4.31 Å². The molecule has 5 nitrogen and oxygen atoms in total. The zero-order valence-electron chi connectivity index (χ0n) is 11.9. The van der Waals surface area contributed by atoms with Crippen LogP contribution in [0.4, 0.5) is 0 Å². The molecule has 0 atom stereocenters. The normalized spacial score (nSPS) is 23.1. The van der Waals surface area contributed by atoms with Crippen molar-refractivity contribution in [3.05, 3.63) is 11.6 Å². The Balaban J connectivity index is 1.71. The van der Waals surface area contributed by atoms with E-state index >= 15 is 0 Å². The Labute approximate surface area is 121 Å². The van der Waals surface area contributed by atoms with E-state index in [4.69, 9.17) is 0 Å². The van der Waals surface area contributed by atoms with Crippen LogP contribution in [0.2, 0.25) is 0 Å². The Kier molecular flexibility index (Phi) is 5.60. The van der Waals surface area contributed by atoms with Gasteiger partial charge in [-0.25, -0.2) is 8.42 Å². The average molecular weight is 300 g/mol. The molecule has 20 heavy (non-hydrogen) atoms. The molecule has 1 N–H and O–H groups in total. The molecule has 1 aliphatic carbocycles. The molecule has 1 aliphatic heterocycles. The molecule has 0 saturated carbocycles. The quantitative estimate of drug-likeness (QED) is 0.781. The van der Waals surface area contributed by atoms with Crippen LogP contribution in [0.15, 0.2) is 11.6 Å². The highest BCUT2D eigenvalue weighted by Crippen LogP contribution is 2.19. The van der Waals surface area contributed by atoms with Crippen molar-refractivity contribution in [3.8, 4) is 0 Å². The van der Waals surface area contributed by atoms with Crippen molar-refractivity contribution in [2.75, 3.05) is 25.4 Å². The molecular formula is C14H24N2O3S. The summed E-state index contributed by atoms with van der Waals surface area (Å²) in [5.74, 6) is -0.0143. The number of rotatable bonds is 5. The fourth-order valence-corrected chi connectivity index (χ4v) is 4.28. The largest absolute Gasteiger partial charge is 0.355 e. The predicted molar refractivity (Wildman–Crippen MR) is 78.8 cm³/mol. The summed E-state index contributed by atoms with van der Waals surface area (Å²) in [5, 5.41) is 2.83. The van der Waals surface area contributed by atoms with Gasteiger partial charge in [0, 0.05) is 13.1 Å². The molecule has 1 fully saturated rings. The van der Waals surface area contributed by atoms with Gasteiger partial charge in [-0.1, -0.05) is 11.6 Å². The second-order valence-corrected chi connectivity index (χ2v) is 7.65. The number of carbonyl (C=O) groups is 1. The summed E-state index contributed by atoms with van der Waals surface area (Å²) >= 11 is 0. The number of hydrogen-bond acceptors (Lipinski definition) is 3. The van der Waals surface area contributed by atoms with Crippen LogP contribution in [0.3, 0.4) is 0 Å². The van der Waals surface area contributed by atoms with E-state index in [1.807, 2.05) is 0 Å². The van der Waals surface area contributed by atoms with Crippen molar-refractivity contribution in [2.24, 2.45) is 0 Å². The van der Waals surface area contributed by atoms with Crippen LogP contribution in [0.25, 0.3) is 0 Å². The lowest BCUT2D eigenvalue weighted by molar-refractivity contribution is -0.121. The zero-order chi connectivity index (χ0) is 14.4. The zero-order valence-corrected chi connectivity index (χ0v) is 12.8. The van der Waals surface area contributed by atoms with Crippen LogP contribution >= 0.6 is 0 Å². The van der Waals surface area contributed by atoms with Crippen LogP contribution < -0.4 is 5.32 Å². The molecule has 0 spiro atoms. The van der Waals surface area contributed by atoms with Gasteiger partial charge in [0.05, 0.1) is 12.3 Å². The summed E-state index contributed by atoms with van der Waals surface area (Å²) in [6, 6.07) is 0. The lowest BCUT2D eigenvalue weighted by Gasteiger charge is -2.25. The fourth-order valence-electron chi connectivity index (χ4n) is 2.73. The van der Waals surface area contributed by atoms with Crippen molar-refractivity contribution in [3.63, 3.8) is 0 Å². The Bertz CT molecular complexity index is 471. The topological polar surface area (TPSA) is 66.5 Å². The van der Waals surface area contributed by atoms with Gasteiger partial charge < -0.3 is 5.32 Å². The van der Waals surface area contributed by atoms with E-state index in [2.05, 4.69) is 11.4 Å². The maximum absolute atomic E-state index is 11.8. The molecule has 0 unspecified atom stereocenters. The predicted octanol–water partition coefficient (Wildman–Crippen LogP) is 1.42. The van der Waals surface area contributed by atoms with Gasteiger partial charge in [0.2, 0.25) is 15.9 Å². The minimum absolute atomic E-state index is 0.0264. The van der Waals surface area contributed by atoms with Gasteiger partial charge in [0.25, 0.3) is 0 Å². The van der Waals surface area contributed by atoms with E-state index in [9.17, 15) is 13.2 Å². The molecule has 1 amide bonds. The molecule has 0 aromatic heterocycles. The molecule has 0 aromatic carbocycles. The van der Waals surface area contributed by atoms with E-state index in [1.54, 1.807) is 0 Å². The van der Waals surface area contributed by atoms with Gasteiger partial charge in [0.1, 0.15) is 0 Å². The number of carbonyl (C=O) groups excluding carboxylic acids is 1. The number of allylic oxidation sites excluding steroid dienone is 1. The van der Waals surface area contributed by atoms with Crippen LogP contribution in [0.5, 0.6) is 0 Å². The van der Waals surface area contributed by atoms with Gasteiger partial charge in [0.15, 0.2) is 0 Å². The van der Waals surface area contributed by atoms with Gasteiger partial charge in [-0.3, -0.25) is 4.79 Å². The lowest BCUT2D eigenvalue weighted by atomic mass is 9.97. The summed E-state index contributed by atoms with van der Waals surface area (Å²) in [6.45, 7) is 1.06.